The summed E-state index contributed by atoms with van der Waals surface area (Å²) < 4.78 is 23.5. The third-order valence-corrected chi connectivity index (χ3v) is 49.7. The number of hydrogen-bond acceptors (Lipinski definition) is 17. The van der Waals surface area contributed by atoms with Gasteiger partial charge in [-0.15, -0.1) is 0 Å². The Morgan fingerprint density at radius 2 is 0.929 bits per heavy atom. The van der Waals surface area contributed by atoms with E-state index in [-0.39, 0.29) is 90.7 Å². The van der Waals surface area contributed by atoms with E-state index in [1.54, 1.807) is 0 Å². The van der Waals surface area contributed by atoms with Crippen molar-refractivity contribution in [3.05, 3.63) is 244 Å². The number of nitrogens with one attached hydrogen (secondary N) is 1. The number of ketones is 2. The summed E-state index contributed by atoms with van der Waals surface area (Å²) in [6.07, 6.45) is 26.7. The molecule has 17 heterocycles. The van der Waals surface area contributed by atoms with Gasteiger partial charge in [-0.2, -0.15) is 0 Å². The van der Waals surface area contributed by atoms with Gasteiger partial charge in [-0.05, 0) is 74.6 Å². The quantitative estimate of drug-likeness (QED) is 0.0770. The summed E-state index contributed by atoms with van der Waals surface area (Å²) in [5.41, 5.74) is 37.7. The number of carbonyl (C=O) groups excluding carboxylic acids is 5. The standard InChI is InChI=1S/C33H35N4O3.C33H34N4O3.C33H33N4O3.4ClH.2Sn/c3*1-8-20-17(4)25-13-26-18(5)21(9-10-30(39)40-7)32(36-26)22-11-29(38)31-19(6)27(37-33(22)31)12-23-15(2)16(3)24(34-23)14-28(20)35-25;;;;;;/h12-14,18,21H,8-11H2,1-7H3,(H-,34,35,36,37,38);8,12-14,18,21,36,38H,1,9-11H2,2-7H3;8,12-14,18,21H,1,9-11H2,2-7H3,(H-,34,35,36,37,38);4*1H;;/q-1;;-1;;;;;2*+4/p-6. The minimum absolute atomic E-state index is 0.00276. The number of aliphatic hydroxyl groups is 1. The number of allylic oxidation sites excluding steroid dienone is 20. The SMILES string of the molecule is C=CC1=C(C)C2=NC1=CC1=NC(=CC3=C(C)C4=C(O)CC(=C5NC(=C2)C(C)C5CCC(=O)OC)C4=N3)C(C)=C1C.C=Cc1c(C)c2[n]3c1=CC1=NC(=Cc4c(C)c5c([n]4[Sn]3([Cl])[Cl])C(=C3N=C(C=2)C(C)C3CCC(=O)OC)CC5=O)C(C)=C1C.CCc1c(C)c2[n]3c1=CC1=NC(=Cc4c(C)c5c([n]4[Sn]3([Cl])[Cl])C(=C3N=C(C=2)C(C)C3CCC(=O)OC)CC5=O)C(C)=C1C. The molecule has 0 aromatic carbocycles. The molecule has 13 aliphatic heterocycles. The van der Waals surface area contributed by atoms with Crippen LogP contribution >= 0.6 is 35.7 Å². The molecule has 646 valence electrons. The van der Waals surface area contributed by atoms with Crippen LogP contribution in [0.25, 0.3) is 53.7 Å². The number of aliphatic hydroxyl groups excluding tert-OH is 1. The molecular weight excluding hydrogens is 1880 g/mol. The van der Waals surface area contributed by atoms with Gasteiger partial charge in [0.2, 0.25) is 0 Å². The van der Waals surface area contributed by atoms with E-state index in [0.717, 1.165) is 242 Å². The first-order valence-corrected chi connectivity index (χ1v) is 62.7. The van der Waals surface area contributed by atoms with Crippen LogP contribution in [0.4, 0.5) is 0 Å². The summed E-state index contributed by atoms with van der Waals surface area (Å²) in [5.74, 6) is -0.318. The van der Waals surface area contributed by atoms with E-state index in [1.165, 1.54) is 26.9 Å². The summed E-state index contributed by atoms with van der Waals surface area (Å²) in [6.45, 7) is 41.6. The molecule has 20 bridgehead atoms. The fourth-order valence-electron chi connectivity index (χ4n) is 21.4. The van der Waals surface area contributed by atoms with Crippen LogP contribution in [0.15, 0.2) is 191 Å². The molecule has 6 unspecified atom stereocenters. The predicted octanol–water partition coefficient (Wildman–Crippen LogP) is 17.4. The number of aliphatic imine (C=N–C) groups is 7. The molecule has 3 aliphatic carbocycles. The summed E-state index contributed by atoms with van der Waals surface area (Å²) in [6, 6.07) is 0. The number of fused-ring (bicyclic) bond motifs is 9. The van der Waals surface area contributed by atoms with Crippen molar-refractivity contribution in [2.75, 3.05) is 21.3 Å². The number of nitrogens with zero attached hydrogens (tertiary/aromatic N) is 11. The monoisotopic (exact) mass is 1980 g/mol. The fourth-order valence-corrected chi connectivity index (χ4v) is 43.8. The Bertz CT molecular complexity index is 7000. The second kappa shape index (κ2) is 31.9. The maximum atomic E-state index is 13.9. The third-order valence-electron chi connectivity index (χ3n) is 29.1. The van der Waals surface area contributed by atoms with Crippen molar-refractivity contribution < 1.29 is 43.3 Å². The van der Waals surface area contributed by atoms with E-state index in [1.807, 2.05) is 51.2 Å². The normalized spacial score (nSPS) is 23.5. The van der Waals surface area contributed by atoms with E-state index in [4.69, 9.17) is 84.8 Å². The van der Waals surface area contributed by atoms with Crippen LogP contribution in [-0.4, -0.2) is 140 Å². The van der Waals surface area contributed by atoms with E-state index in [0.29, 0.717) is 49.0 Å². The third kappa shape index (κ3) is 13.2. The summed E-state index contributed by atoms with van der Waals surface area (Å²) in [4.78, 5) is 100. The summed E-state index contributed by atoms with van der Waals surface area (Å²) in [5, 5.41) is 18.5. The van der Waals surface area contributed by atoms with Crippen LogP contribution in [0.5, 0.6) is 0 Å². The van der Waals surface area contributed by atoms with E-state index >= 15 is 0 Å². The van der Waals surface area contributed by atoms with Crippen molar-refractivity contribution in [1.29, 1.82) is 0 Å². The Labute approximate surface area is 756 Å². The Morgan fingerprint density at radius 1 is 0.484 bits per heavy atom. The molecule has 0 saturated carbocycles. The van der Waals surface area contributed by atoms with Crippen molar-refractivity contribution in [2.45, 2.75) is 175 Å². The molecule has 0 spiro atoms. The first-order chi connectivity index (χ1) is 59.9. The Kier molecular flexibility index (Phi) is 22.0. The van der Waals surface area contributed by atoms with Gasteiger partial charge in [0, 0.05) is 52.8 Å². The zero-order chi connectivity index (χ0) is 89.8. The second-order valence-corrected chi connectivity index (χ2v) is 63.0. The van der Waals surface area contributed by atoms with Crippen molar-refractivity contribution in [1.82, 2.24) is 16.5 Å². The van der Waals surface area contributed by atoms with Crippen LogP contribution in [0.3, 0.4) is 0 Å². The van der Waals surface area contributed by atoms with Crippen molar-refractivity contribution >= 4 is 192 Å². The van der Waals surface area contributed by atoms with Gasteiger partial charge in [0.05, 0.1) is 41.3 Å². The molecule has 1 fully saturated rings. The molecule has 20 rings (SSSR count). The molecule has 0 radical (unpaired) electrons. The number of carbonyl (C=O) groups is 5. The van der Waals surface area contributed by atoms with Gasteiger partial charge in [0.1, 0.15) is 5.76 Å². The molecule has 16 aliphatic rings. The van der Waals surface area contributed by atoms with Crippen molar-refractivity contribution in [3.63, 3.8) is 0 Å². The van der Waals surface area contributed by atoms with Crippen molar-refractivity contribution in [2.24, 2.45) is 70.5 Å². The number of rotatable bonds is 12. The predicted molar refractivity (Wildman–Crippen MR) is 510 cm³/mol. The Balaban J connectivity index is 0.000000128. The number of ether oxygens (including phenoxy) is 3. The van der Waals surface area contributed by atoms with Gasteiger partial charge in [0.15, 0.2) is 0 Å². The molecule has 27 heteroatoms. The Hall–Kier alpha value is -9.76. The molecule has 21 nitrogen and oxygen atoms in total. The molecule has 0 amide bonds. The van der Waals surface area contributed by atoms with Crippen LogP contribution in [0, 0.1) is 63.2 Å². The number of halogens is 4. The van der Waals surface area contributed by atoms with Crippen LogP contribution in [0.1, 0.15) is 218 Å². The fraction of sp³-hybridized carbons (Fsp3) is 0.354. The zero-order valence-electron chi connectivity index (χ0n) is 74.4. The van der Waals surface area contributed by atoms with Gasteiger partial charge in [-0.1, -0.05) is 19.6 Å². The second-order valence-electron chi connectivity index (χ2n) is 35.4. The first-order valence-electron chi connectivity index (χ1n) is 43.2. The molecule has 1 saturated heterocycles. The van der Waals surface area contributed by atoms with Crippen LogP contribution in [0.2, 0.25) is 0 Å². The Morgan fingerprint density at radius 3 is 1.40 bits per heavy atom. The topological polar surface area (TPSA) is 252 Å². The van der Waals surface area contributed by atoms with Gasteiger partial charge in [-0.3, -0.25) is 4.79 Å². The average molecular weight is 1980 g/mol. The van der Waals surface area contributed by atoms with Gasteiger partial charge in [0.25, 0.3) is 0 Å². The number of aromatic nitrogens is 4. The number of hydrogen-bond donors (Lipinski definition) is 2. The first kappa shape index (κ1) is 87.0. The van der Waals surface area contributed by atoms with Gasteiger partial charge < -0.3 is 15.2 Å². The maximum absolute atomic E-state index is 13.9. The molecule has 4 aromatic rings. The van der Waals surface area contributed by atoms with Gasteiger partial charge >= 0.3 is 534 Å². The van der Waals surface area contributed by atoms with E-state index < -0.39 is 33.3 Å². The number of esters is 3. The van der Waals surface area contributed by atoms with E-state index in [2.05, 4.69) is 156 Å². The molecule has 4 aromatic heterocycles. The zero-order valence-corrected chi connectivity index (χ0v) is 83.2. The summed E-state index contributed by atoms with van der Waals surface area (Å²) in [7, 11) is 35.8. The number of methoxy groups -OCH3 is 3. The minimum atomic E-state index is -4.75. The molecule has 6 atom stereocenters. The molecule has 2 N–H and O–H groups in total. The molecule has 126 heavy (non-hydrogen) atoms. The average Bonchev–Trinajstić information content (AvgIpc) is 1.53. The van der Waals surface area contributed by atoms with Gasteiger partial charge in [-0.25, -0.2) is 15.0 Å². The number of Topliss-reactive ketones (excluding diaryl/α,β-unsaturated/α-hetero) is 2. The molecular formula is C99H100Cl4N12O9Sn2. The summed E-state index contributed by atoms with van der Waals surface area (Å²) >= 11 is -9.46. The van der Waals surface area contributed by atoms with Crippen LogP contribution in [-0.2, 0) is 35.0 Å². The van der Waals surface area contributed by atoms with Crippen LogP contribution < -0.4 is 26.7 Å². The van der Waals surface area contributed by atoms with Crippen molar-refractivity contribution in [3.8, 4) is 0 Å². The van der Waals surface area contributed by atoms with E-state index in [9.17, 15) is 29.1 Å².